The first kappa shape index (κ1) is 12.4. The Labute approximate surface area is 109 Å². The lowest BCUT2D eigenvalue weighted by Crippen LogP contribution is -1.96. The molecule has 0 unspecified atom stereocenters. The lowest BCUT2D eigenvalue weighted by Gasteiger charge is -2.06. The average Bonchev–Trinajstić information content (AvgIpc) is 2.32. The van der Waals surface area contributed by atoms with Crippen molar-refractivity contribution >= 4 is 23.2 Å². The molecule has 4 heteroatoms. The van der Waals surface area contributed by atoms with E-state index in [1.807, 2.05) is 6.07 Å². The highest BCUT2D eigenvalue weighted by atomic mass is 35.5. The molecule has 0 bridgehead atoms. The Bertz CT molecular complexity index is 555. The van der Waals surface area contributed by atoms with Gasteiger partial charge in [0.15, 0.2) is 0 Å². The van der Waals surface area contributed by atoms with Crippen molar-refractivity contribution in [2.75, 3.05) is 0 Å². The molecule has 2 rings (SSSR count). The van der Waals surface area contributed by atoms with Gasteiger partial charge in [0, 0.05) is 11.6 Å². The predicted molar refractivity (Wildman–Crippen MR) is 69.7 cm³/mol. The largest absolute Gasteiger partial charge is 0.326 e. The van der Waals surface area contributed by atoms with Crippen LogP contribution in [0.15, 0.2) is 36.4 Å². The van der Waals surface area contributed by atoms with Crippen LogP contribution in [0.3, 0.4) is 0 Å². The fourth-order valence-corrected chi connectivity index (χ4v) is 1.99. The van der Waals surface area contributed by atoms with Crippen LogP contribution < -0.4 is 5.73 Å². The number of hydrogen-bond acceptors (Lipinski definition) is 1. The maximum absolute atomic E-state index is 13.4. The molecule has 2 aromatic rings. The summed E-state index contributed by atoms with van der Waals surface area (Å²) in [5, 5.41) is 0.688. The Morgan fingerprint density at radius 3 is 2.41 bits per heavy atom. The molecule has 0 aliphatic heterocycles. The molecule has 0 saturated carbocycles. The molecule has 0 fully saturated rings. The molecule has 0 spiro atoms. The van der Waals surface area contributed by atoms with Crippen molar-refractivity contribution in [3.63, 3.8) is 0 Å². The molecule has 2 aromatic carbocycles. The van der Waals surface area contributed by atoms with Crippen molar-refractivity contribution in [3.05, 3.63) is 57.8 Å². The first-order chi connectivity index (χ1) is 8.10. The number of nitrogens with two attached hydrogens (primary N) is 1. The van der Waals surface area contributed by atoms with E-state index in [2.05, 4.69) is 0 Å². The molecule has 1 nitrogen and oxygen atoms in total. The molecule has 0 atom stereocenters. The number of hydrogen-bond donors (Lipinski definition) is 1. The van der Waals surface area contributed by atoms with Gasteiger partial charge in [0.1, 0.15) is 5.82 Å². The third-order valence-electron chi connectivity index (χ3n) is 2.45. The summed E-state index contributed by atoms with van der Waals surface area (Å²) in [5.41, 5.74) is 8.02. The summed E-state index contributed by atoms with van der Waals surface area (Å²) in [6.45, 7) is 0.392. The topological polar surface area (TPSA) is 26.0 Å². The molecule has 0 amide bonds. The second kappa shape index (κ2) is 5.05. The number of benzene rings is 2. The van der Waals surface area contributed by atoms with Crippen LogP contribution in [0.2, 0.25) is 10.0 Å². The van der Waals surface area contributed by atoms with Crippen molar-refractivity contribution in [2.24, 2.45) is 5.73 Å². The molecule has 17 heavy (non-hydrogen) atoms. The molecule has 0 heterocycles. The minimum absolute atomic E-state index is 0.106. The van der Waals surface area contributed by atoms with Gasteiger partial charge in [-0.3, -0.25) is 0 Å². The van der Waals surface area contributed by atoms with E-state index in [1.54, 1.807) is 18.2 Å². The zero-order valence-corrected chi connectivity index (χ0v) is 10.4. The molecule has 2 N–H and O–H groups in total. The highest BCUT2D eigenvalue weighted by molar-refractivity contribution is 6.31. The zero-order chi connectivity index (χ0) is 12.4. The smallest absolute Gasteiger partial charge is 0.142 e. The van der Waals surface area contributed by atoms with Crippen molar-refractivity contribution in [1.29, 1.82) is 0 Å². The van der Waals surface area contributed by atoms with E-state index in [0.29, 0.717) is 11.6 Å². The SMILES string of the molecule is NCc1cc(Cl)cc(-c2ccc(Cl)c(F)c2)c1. The van der Waals surface area contributed by atoms with Gasteiger partial charge in [-0.2, -0.15) is 0 Å². The van der Waals surface area contributed by atoms with E-state index in [0.717, 1.165) is 16.7 Å². The number of rotatable bonds is 2. The lowest BCUT2D eigenvalue weighted by atomic mass is 10.0. The maximum atomic E-state index is 13.4. The fourth-order valence-electron chi connectivity index (χ4n) is 1.61. The first-order valence-corrected chi connectivity index (χ1v) is 5.80. The molecule has 0 aliphatic carbocycles. The number of halogens is 3. The van der Waals surface area contributed by atoms with E-state index >= 15 is 0 Å². The van der Waals surface area contributed by atoms with Gasteiger partial charge in [0.05, 0.1) is 5.02 Å². The first-order valence-electron chi connectivity index (χ1n) is 5.05. The van der Waals surface area contributed by atoms with Crippen LogP contribution in [-0.4, -0.2) is 0 Å². The molecule has 0 aromatic heterocycles. The van der Waals surface area contributed by atoms with Crippen molar-refractivity contribution < 1.29 is 4.39 Å². The van der Waals surface area contributed by atoms with E-state index < -0.39 is 5.82 Å². The van der Waals surface area contributed by atoms with Gasteiger partial charge < -0.3 is 5.73 Å². The quantitative estimate of drug-likeness (QED) is 0.866. The lowest BCUT2D eigenvalue weighted by molar-refractivity contribution is 0.629. The van der Waals surface area contributed by atoms with Crippen molar-refractivity contribution in [1.82, 2.24) is 0 Å². The Balaban J connectivity index is 2.52. The van der Waals surface area contributed by atoms with E-state index in [1.165, 1.54) is 12.1 Å². The minimum Gasteiger partial charge on any atom is -0.326 e. The molecule has 88 valence electrons. The maximum Gasteiger partial charge on any atom is 0.142 e. The summed E-state index contributed by atoms with van der Waals surface area (Å²) >= 11 is 11.6. The molecular formula is C13H10Cl2FN. The van der Waals surface area contributed by atoms with Crippen LogP contribution >= 0.6 is 23.2 Å². The van der Waals surface area contributed by atoms with Crippen LogP contribution in [-0.2, 0) is 6.54 Å². The second-order valence-corrected chi connectivity index (χ2v) is 4.52. The summed E-state index contributed by atoms with van der Waals surface area (Å²) in [5.74, 6) is -0.446. The van der Waals surface area contributed by atoms with Crippen molar-refractivity contribution in [2.45, 2.75) is 6.54 Å². The van der Waals surface area contributed by atoms with E-state index in [9.17, 15) is 4.39 Å². The normalized spacial score (nSPS) is 10.6. The van der Waals surface area contributed by atoms with Crippen LogP contribution in [0.4, 0.5) is 4.39 Å². The average molecular weight is 270 g/mol. The van der Waals surface area contributed by atoms with Gasteiger partial charge in [0.25, 0.3) is 0 Å². The summed E-state index contributed by atoms with van der Waals surface area (Å²) in [4.78, 5) is 0. The predicted octanol–water partition coefficient (Wildman–Crippen LogP) is 4.26. The van der Waals surface area contributed by atoms with Gasteiger partial charge in [-0.15, -0.1) is 0 Å². The van der Waals surface area contributed by atoms with E-state index in [4.69, 9.17) is 28.9 Å². The standard InChI is InChI=1S/C13H10Cl2FN/c14-11-4-8(7-17)3-10(5-11)9-1-2-12(15)13(16)6-9/h1-6H,7,17H2. The fraction of sp³-hybridized carbons (Fsp3) is 0.0769. The third-order valence-corrected chi connectivity index (χ3v) is 2.97. The van der Waals surface area contributed by atoms with Gasteiger partial charge >= 0.3 is 0 Å². The molecule has 0 aliphatic rings. The Morgan fingerprint density at radius 2 is 1.76 bits per heavy atom. The Hall–Kier alpha value is -1.09. The molecule has 0 saturated heterocycles. The summed E-state index contributed by atoms with van der Waals surface area (Å²) in [6.07, 6.45) is 0. The second-order valence-electron chi connectivity index (χ2n) is 3.68. The summed E-state index contributed by atoms with van der Waals surface area (Å²) < 4.78 is 13.4. The highest BCUT2D eigenvalue weighted by Crippen LogP contribution is 2.27. The Kier molecular flexibility index (Phi) is 3.67. The van der Waals surface area contributed by atoms with E-state index in [-0.39, 0.29) is 5.02 Å². The molecule has 0 radical (unpaired) electrons. The van der Waals surface area contributed by atoms with Crippen LogP contribution in [0, 0.1) is 5.82 Å². The Morgan fingerprint density at radius 1 is 1.00 bits per heavy atom. The van der Waals surface area contributed by atoms with Crippen LogP contribution in [0.25, 0.3) is 11.1 Å². The summed E-state index contributed by atoms with van der Waals surface area (Å²) in [6, 6.07) is 10.1. The molecular weight excluding hydrogens is 260 g/mol. The van der Waals surface area contributed by atoms with Gasteiger partial charge in [-0.05, 0) is 47.0 Å². The minimum atomic E-state index is -0.446. The monoisotopic (exact) mass is 269 g/mol. The van der Waals surface area contributed by atoms with Crippen LogP contribution in [0.1, 0.15) is 5.56 Å². The van der Waals surface area contributed by atoms with Gasteiger partial charge in [0.2, 0.25) is 0 Å². The van der Waals surface area contributed by atoms with Gasteiger partial charge in [-0.1, -0.05) is 29.3 Å². The van der Waals surface area contributed by atoms with Crippen LogP contribution in [0.5, 0.6) is 0 Å². The highest BCUT2D eigenvalue weighted by Gasteiger charge is 2.05. The third kappa shape index (κ3) is 2.78. The van der Waals surface area contributed by atoms with Crippen molar-refractivity contribution in [3.8, 4) is 11.1 Å². The zero-order valence-electron chi connectivity index (χ0n) is 8.88. The van der Waals surface area contributed by atoms with Gasteiger partial charge in [-0.25, -0.2) is 4.39 Å². The summed E-state index contributed by atoms with van der Waals surface area (Å²) in [7, 11) is 0.